The first-order chi connectivity index (χ1) is 5.65. The Morgan fingerprint density at radius 1 is 1.42 bits per heavy atom. The maximum atomic E-state index is 11.2. The van der Waals surface area contributed by atoms with Crippen molar-refractivity contribution in [3.63, 3.8) is 0 Å². The van der Waals surface area contributed by atoms with Crippen LogP contribution in [0.2, 0.25) is 0 Å². The monoisotopic (exact) mass is 185 g/mol. The Balaban J connectivity index is 3.13. The van der Waals surface area contributed by atoms with Gasteiger partial charge < -0.3 is 0 Å². The largest absolute Gasteiger partial charge is 0.223 e. The van der Waals surface area contributed by atoms with Gasteiger partial charge in [0.05, 0.1) is 4.90 Å². The van der Waals surface area contributed by atoms with Gasteiger partial charge in [-0.25, -0.2) is 4.21 Å². The van der Waals surface area contributed by atoms with E-state index in [9.17, 15) is 4.21 Å². The lowest BCUT2D eigenvalue weighted by molar-refractivity contribution is 0.367. The van der Waals surface area contributed by atoms with Gasteiger partial charge in [0.25, 0.3) is 0 Å². The molecule has 0 bridgehead atoms. The molecule has 0 aliphatic heterocycles. The Hall–Kier alpha value is -0.710. The van der Waals surface area contributed by atoms with Crippen molar-refractivity contribution in [1.82, 2.24) is 0 Å². The van der Waals surface area contributed by atoms with Gasteiger partial charge in [-0.2, -0.15) is 10.2 Å². The molecule has 2 N–H and O–H groups in total. The van der Waals surface area contributed by atoms with Gasteiger partial charge in [0.15, 0.2) is 0 Å². The first-order valence-electron chi connectivity index (χ1n) is 3.51. The summed E-state index contributed by atoms with van der Waals surface area (Å²) in [6.07, 6.45) is 0. The fourth-order valence-corrected chi connectivity index (χ4v) is 1.66. The van der Waals surface area contributed by atoms with Crippen molar-refractivity contribution in [3.8, 4) is 0 Å². The van der Waals surface area contributed by atoms with Crippen molar-refractivity contribution >= 4 is 11.1 Å². The minimum absolute atomic E-state index is 0.637. The maximum Gasteiger partial charge on any atom is 0.206 e. The third kappa shape index (κ3) is 1.91. The van der Waals surface area contributed by atoms with Crippen LogP contribution in [0.1, 0.15) is 11.1 Å². The second-order valence-electron chi connectivity index (χ2n) is 2.60. The van der Waals surface area contributed by atoms with Crippen molar-refractivity contribution in [3.05, 3.63) is 29.3 Å². The molecule has 0 aromatic heterocycles. The minimum Gasteiger partial charge on any atom is -0.223 e. The third-order valence-corrected chi connectivity index (χ3v) is 2.58. The Kier molecular flexibility index (Phi) is 2.97. The zero-order chi connectivity index (χ0) is 9.14. The summed E-state index contributed by atoms with van der Waals surface area (Å²) in [5.41, 5.74) is 1.96. The average molecular weight is 185 g/mol. The van der Waals surface area contributed by atoms with Crippen molar-refractivity contribution in [1.29, 1.82) is 0 Å². The SMILES string of the molecule is Cc1ccc(C)c(S(=O)ON)c1. The summed E-state index contributed by atoms with van der Waals surface area (Å²) in [6.45, 7) is 3.79. The van der Waals surface area contributed by atoms with E-state index in [1.165, 1.54) is 0 Å². The van der Waals surface area contributed by atoms with Crippen molar-refractivity contribution < 1.29 is 8.49 Å². The van der Waals surface area contributed by atoms with Gasteiger partial charge in [0.1, 0.15) is 0 Å². The maximum absolute atomic E-state index is 11.2. The van der Waals surface area contributed by atoms with E-state index in [4.69, 9.17) is 5.90 Å². The molecule has 0 fully saturated rings. The van der Waals surface area contributed by atoms with Gasteiger partial charge in [-0.1, -0.05) is 12.1 Å². The lowest BCUT2D eigenvalue weighted by atomic mass is 10.2. The van der Waals surface area contributed by atoms with Gasteiger partial charge in [0, 0.05) is 0 Å². The van der Waals surface area contributed by atoms with E-state index in [1.807, 2.05) is 26.0 Å². The van der Waals surface area contributed by atoms with Crippen LogP contribution >= 0.6 is 0 Å². The van der Waals surface area contributed by atoms with Crippen LogP contribution in [-0.2, 0) is 15.4 Å². The van der Waals surface area contributed by atoms with Crippen LogP contribution in [0.15, 0.2) is 23.1 Å². The molecule has 0 aliphatic rings. The Labute approximate surface area is 74.2 Å². The second kappa shape index (κ2) is 3.80. The van der Waals surface area contributed by atoms with E-state index in [2.05, 4.69) is 4.28 Å². The fourth-order valence-electron chi connectivity index (χ4n) is 0.939. The molecule has 0 amide bonds. The highest BCUT2D eigenvalue weighted by atomic mass is 32.2. The van der Waals surface area contributed by atoms with Crippen LogP contribution in [0.5, 0.6) is 0 Å². The summed E-state index contributed by atoms with van der Waals surface area (Å²) in [6, 6.07) is 5.65. The van der Waals surface area contributed by atoms with Crippen LogP contribution < -0.4 is 5.90 Å². The molecular weight excluding hydrogens is 174 g/mol. The number of hydrogen-bond acceptors (Lipinski definition) is 3. The normalized spacial score (nSPS) is 12.9. The van der Waals surface area contributed by atoms with E-state index in [0.717, 1.165) is 11.1 Å². The van der Waals surface area contributed by atoms with Gasteiger partial charge in [-0.3, -0.25) is 0 Å². The number of aryl methyl sites for hydroxylation is 2. The molecule has 0 spiro atoms. The zero-order valence-electron chi connectivity index (χ0n) is 7.03. The minimum atomic E-state index is -1.53. The van der Waals surface area contributed by atoms with Crippen molar-refractivity contribution in [2.45, 2.75) is 18.7 Å². The van der Waals surface area contributed by atoms with Crippen molar-refractivity contribution in [2.75, 3.05) is 0 Å². The van der Waals surface area contributed by atoms with Crippen LogP contribution in [0.4, 0.5) is 0 Å². The first-order valence-corrected chi connectivity index (χ1v) is 4.59. The number of benzene rings is 1. The molecule has 3 nitrogen and oxygen atoms in total. The van der Waals surface area contributed by atoms with Crippen molar-refractivity contribution in [2.24, 2.45) is 5.90 Å². The fraction of sp³-hybridized carbons (Fsp3) is 0.250. The van der Waals surface area contributed by atoms with E-state index in [1.54, 1.807) is 6.07 Å². The smallest absolute Gasteiger partial charge is 0.206 e. The highest BCUT2D eigenvalue weighted by Gasteiger charge is 2.06. The van der Waals surface area contributed by atoms with Crippen LogP contribution in [-0.4, -0.2) is 4.21 Å². The summed E-state index contributed by atoms with van der Waals surface area (Å²) in [5, 5.41) is 0. The van der Waals surface area contributed by atoms with E-state index in [-0.39, 0.29) is 0 Å². The molecule has 0 saturated heterocycles. The molecule has 0 radical (unpaired) electrons. The molecule has 1 rings (SSSR count). The second-order valence-corrected chi connectivity index (χ2v) is 3.70. The Morgan fingerprint density at radius 3 is 2.67 bits per heavy atom. The lowest BCUT2D eigenvalue weighted by Gasteiger charge is -2.03. The molecule has 0 saturated carbocycles. The highest BCUT2D eigenvalue weighted by Crippen LogP contribution is 2.14. The standard InChI is InChI=1S/C8H11NO2S/c1-6-3-4-7(2)8(5-6)12(10)11-9/h3-5H,9H2,1-2H3. The Morgan fingerprint density at radius 2 is 2.08 bits per heavy atom. The van der Waals surface area contributed by atoms with Gasteiger partial charge in [-0.15, -0.1) is 0 Å². The molecule has 1 aromatic rings. The quantitative estimate of drug-likeness (QED) is 0.705. The molecule has 4 heteroatoms. The van der Waals surface area contributed by atoms with Gasteiger partial charge in [-0.05, 0) is 31.0 Å². The number of nitrogens with two attached hydrogens (primary N) is 1. The van der Waals surface area contributed by atoms with Gasteiger partial charge >= 0.3 is 0 Å². The predicted molar refractivity (Wildman–Crippen MR) is 47.6 cm³/mol. The Bertz CT molecular complexity index is 312. The molecule has 66 valence electrons. The zero-order valence-corrected chi connectivity index (χ0v) is 7.85. The summed E-state index contributed by atoms with van der Waals surface area (Å²) >= 11 is -1.53. The molecular formula is C8H11NO2S. The predicted octanol–water partition coefficient (Wildman–Crippen LogP) is 1.22. The topological polar surface area (TPSA) is 52.3 Å². The van der Waals surface area contributed by atoms with Crippen LogP contribution in [0.3, 0.4) is 0 Å². The summed E-state index contributed by atoms with van der Waals surface area (Å²) < 4.78 is 15.4. The molecule has 1 atom stereocenters. The number of rotatable bonds is 2. The highest BCUT2D eigenvalue weighted by molar-refractivity contribution is 7.80. The average Bonchev–Trinajstić information content (AvgIpc) is 2.08. The summed E-state index contributed by atoms with van der Waals surface area (Å²) in [7, 11) is 0. The van der Waals surface area contributed by atoms with E-state index >= 15 is 0 Å². The molecule has 1 aromatic carbocycles. The molecule has 0 heterocycles. The van der Waals surface area contributed by atoms with E-state index in [0.29, 0.717) is 4.90 Å². The molecule has 0 aliphatic carbocycles. The molecule has 12 heavy (non-hydrogen) atoms. The molecule has 1 unspecified atom stereocenters. The number of hydrogen-bond donors (Lipinski definition) is 1. The summed E-state index contributed by atoms with van der Waals surface area (Å²) in [4.78, 5) is 0.637. The first kappa shape index (κ1) is 9.38. The lowest BCUT2D eigenvalue weighted by Crippen LogP contribution is -2.05. The van der Waals surface area contributed by atoms with Gasteiger partial charge in [0.2, 0.25) is 11.1 Å². The van der Waals surface area contributed by atoms with Crippen LogP contribution in [0, 0.1) is 13.8 Å². The van der Waals surface area contributed by atoms with E-state index < -0.39 is 11.1 Å². The third-order valence-electron chi connectivity index (χ3n) is 1.61. The summed E-state index contributed by atoms with van der Waals surface area (Å²) in [5.74, 6) is 4.82. The van der Waals surface area contributed by atoms with Crippen LogP contribution in [0.25, 0.3) is 0 Å².